The summed E-state index contributed by atoms with van der Waals surface area (Å²) in [5.41, 5.74) is 0.778. The second kappa shape index (κ2) is 8.89. The highest BCUT2D eigenvalue weighted by molar-refractivity contribution is 7.89. The SMILES string of the molecule is COc1ccc(C(=O)OC(C(=O)c2ccccc2)c2ccccc2)cc1S(N)(=O)=O. The molecule has 30 heavy (non-hydrogen) atoms. The van der Waals surface area contributed by atoms with Crippen LogP contribution in [0.25, 0.3) is 0 Å². The molecule has 7 nitrogen and oxygen atoms in total. The third-order valence-electron chi connectivity index (χ3n) is 4.33. The standard InChI is InChI=1S/C22H19NO6S/c1-28-18-13-12-17(14-19(18)30(23,26)27)22(25)29-21(16-10-6-3-7-11-16)20(24)15-8-4-2-5-9-15/h2-14,21H,1H3,(H2,23,26,27). The molecule has 8 heteroatoms. The number of ketones is 1. The predicted molar refractivity (Wildman–Crippen MR) is 110 cm³/mol. The van der Waals surface area contributed by atoms with Gasteiger partial charge in [0.1, 0.15) is 10.6 Å². The van der Waals surface area contributed by atoms with Crippen molar-refractivity contribution in [2.45, 2.75) is 11.0 Å². The first kappa shape index (κ1) is 21.2. The zero-order valence-corrected chi connectivity index (χ0v) is 16.8. The Bertz CT molecular complexity index is 1160. The van der Waals surface area contributed by atoms with E-state index in [-0.39, 0.29) is 16.2 Å². The van der Waals surface area contributed by atoms with Crippen molar-refractivity contribution in [3.05, 3.63) is 95.6 Å². The highest BCUT2D eigenvalue weighted by Crippen LogP contribution is 2.27. The largest absolute Gasteiger partial charge is 0.495 e. The number of Topliss-reactive ketones (excluding diaryl/α,β-unsaturated/α-hetero) is 1. The van der Waals surface area contributed by atoms with Crippen molar-refractivity contribution in [1.82, 2.24) is 0 Å². The van der Waals surface area contributed by atoms with Gasteiger partial charge in [-0.2, -0.15) is 0 Å². The Hall–Kier alpha value is -3.49. The summed E-state index contributed by atoms with van der Waals surface area (Å²) in [4.78, 5) is 25.5. The van der Waals surface area contributed by atoms with Crippen molar-refractivity contribution in [2.75, 3.05) is 7.11 Å². The van der Waals surface area contributed by atoms with Crippen LogP contribution >= 0.6 is 0 Å². The number of hydrogen-bond donors (Lipinski definition) is 1. The Morgan fingerprint density at radius 3 is 2.03 bits per heavy atom. The van der Waals surface area contributed by atoms with Gasteiger partial charge < -0.3 is 9.47 Å². The Kier molecular flexibility index (Phi) is 6.29. The molecule has 0 aliphatic carbocycles. The fraction of sp³-hybridized carbons (Fsp3) is 0.0909. The molecule has 0 aliphatic heterocycles. The van der Waals surface area contributed by atoms with Crippen LogP contribution in [0, 0.1) is 0 Å². The van der Waals surface area contributed by atoms with Crippen LogP contribution in [0.5, 0.6) is 5.75 Å². The van der Waals surface area contributed by atoms with Gasteiger partial charge >= 0.3 is 5.97 Å². The molecule has 0 amide bonds. The Labute approximate surface area is 174 Å². The normalized spacial score (nSPS) is 12.1. The first-order chi connectivity index (χ1) is 14.3. The summed E-state index contributed by atoms with van der Waals surface area (Å²) < 4.78 is 34.1. The minimum atomic E-state index is -4.14. The number of carbonyl (C=O) groups is 2. The third-order valence-corrected chi connectivity index (χ3v) is 5.26. The number of methoxy groups -OCH3 is 1. The van der Waals surface area contributed by atoms with Crippen molar-refractivity contribution in [3.8, 4) is 5.75 Å². The molecule has 2 N–H and O–H groups in total. The lowest BCUT2D eigenvalue weighted by atomic mass is 10.00. The maximum absolute atomic E-state index is 13.0. The van der Waals surface area contributed by atoms with Crippen molar-refractivity contribution >= 4 is 21.8 Å². The number of primary sulfonamides is 1. The van der Waals surface area contributed by atoms with Crippen LogP contribution < -0.4 is 9.88 Å². The van der Waals surface area contributed by atoms with E-state index >= 15 is 0 Å². The summed E-state index contributed by atoms with van der Waals surface area (Å²) >= 11 is 0. The molecular formula is C22H19NO6S. The van der Waals surface area contributed by atoms with E-state index in [0.717, 1.165) is 6.07 Å². The summed E-state index contributed by atoms with van der Waals surface area (Å²) in [6, 6.07) is 20.7. The molecule has 3 aromatic carbocycles. The van der Waals surface area contributed by atoms with Gasteiger partial charge in [-0.1, -0.05) is 60.7 Å². The summed E-state index contributed by atoms with van der Waals surface area (Å²) in [7, 11) is -2.86. The van der Waals surface area contributed by atoms with Crippen LogP contribution in [-0.4, -0.2) is 27.3 Å². The van der Waals surface area contributed by atoms with E-state index in [1.54, 1.807) is 60.7 Å². The third kappa shape index (κ3) is 4.73. The van der Waals surface area contributed by atoms with E-state index in [9.17, 15) is 18.0 Å². The molecule has 0 bridgehead atoms. The predicted octanol–water partition coefficient (Wildman–Crippen LogP) is 3.12. The fourth-order valence-electron chi connectivity index (χ4n) is 2.86. The van der Waals surface area contributed by atoms with E-state index in [1.807, 2.05) is 0 Å². The van der Waals surface area contributed by atoms with Gasteiger partial charge in [-0.15, -0.1) is 0 Å². The summed E-state index contributed by atoms with van der Waals surface area (Å²) in [6.07, 6.45) is -1.21. The molecule has 0 spiro atoms. The molecule has 1 atom stereocenters. The second-order valence-corrected chi connectivity index (χ2v) is 7.87. The van der Waals surface area contributed by atoms with Gasteiger partial charge in [-0.25, -0.2) is 18.4 Å². The summed E-state index contributed by atoms with van der Waals surface area (Å²) in [5.74, 6) is -1.29. The zero-order chi connectivity index (χ0) is 21.7. The number of nitrogens with two attached hydrogens (primary N) is 1. The van der Waals surface area contributed by atoms with Crippen LogP contribution in [0.1, 0.15) is 32.4 Å². The van der Waals surface area contributed by atoms with Crippen LogP contribution in [0.15, 0.2) is 83.8 Å². The van der Waals surface area contributed by atoms with E-state index in [1.165, 1.54) is 19.2 Å². The summed E-state index contributed by atoms with van der Waals surface area (Å²) in [6.45, 7) is 0. The molecule has 0 radical (unpaired) electrons. The minimum absolute atomic E-state index is 0.00554. The molecule has 0 aromatic heterocycles. The van der Waals surface area contributed by atoms with Gasteiger partial charge in [-0.3, -0.25) is 4.79 Å². The molecule has 0 saturated carbocycles. The van der Waals surface area contributed by atoms with Gasteiger partial charge in [0.25, 0.3) is 0 Å². The molecule has 0 fully saturated rings. The molecule has 0 aliphatic rings. The monoisotopic (exact) mass is 425 g/mol. The molecule has 3 rings (SSSR count). The maximum atomic E-state index is 13.0. The highest BCUT2D eigenvalue weighted by Gasteiger charge is 2.27. The first-order valence-electron chi connectivity index (χ1n) is 8.87. The molecular weight excluding hydrogens is 406 g/mol. The van der Waals surface area contributed by atoms with Gasteiger partial charge in [0.15, 0.2) is 6.10 Å². The number of sulfonamides is 1. The van der Waals surface area contributed by atoms with Gasteiger partial charge in [0, 0.05) is 11.1 Å². The lowest BCUT2D eigenvalue weighted by Crippen LogP contribution is -2.21. The van der Waals surface area contributed by atoms with Crippen LogP contribution in [-0.2, 0) is 14.8 Å². The smallest absolute Gasteiger partial charge is 0.339 e. The number of ether oxygens (including phenoxy) is 2. The lowest BCUT2D eigenvalue weighted by Gasteiger charge is -2.18. The average Bonchev–Trinajstić information content (AvgIpc) is 2.77. The van der Waals surface area contributed by atoms with Crippen molar-refractivity contribution < 1.29 is 27.5 Å². The van der Waals surface area contributed by atoms with E-state index in [2.05, 4.69) is 0 Å². The van der Waals surface area contributed by atoms with E-state index < -0.39 is 27.9 Å². The zero-order valence-electron chi connectivity index (χ0n) is 16.0. The Morgan fingerprint density at radius 2 is 1.47 bits per heavy atom. The van der Waals surface area contributed by atoms with Crippen LogP contribution in [0.4, 0.5) is 0 Å². The molecule has 3 aromatic rings. The van der Waals surface area contributed by atoms with Gasteiger partial charge in [-0.05, 0) is 18.2 Å². The summed E-state index contributed by atoms with van der Waals surface area (Å²) in [5, 5.41) is 5.20. The van der Waals surface area contributed by atoms with Crippen molar-refractivity contribution in [3.63, 3.8) is 0 Å². The lowest BCUT2D eigenvalue weighted by molar-refractivity contribution is 0.0279. The minimum Gasteiger partial charge on any atom is -0.495 e. The second-order valence-electron chi connectivity index (χ2n) is 6.34. The number of benzene rings is 3. The van der Waals surface area contributed by atoms with Crippen LogP contribution in [0.2, 0.25) is 0 Å². The van der Waals surface area contributed by atoms with Gasteiger partial charge in [0.2, 0.25) is 15.8 Å². The van der Waals surface area contributed by atoms with E-state index in [4.69, 9.17) is 14.6 Å². The quantitative estimate of drug-likeness (QED) is 0.460. The van der Waals surface area contributed by atoms with Crippen LogP contribution in [0.3, 0.4) is 0 Å². The number of rotatable bonds is 7. The number of hydrogen-bond acceptors (Lipinski definition) is 6. The first-order valence-corrected chi connectivity index (χ1v) is 10.4. The Morgan fingerprint density at radius 1 is 0.867 bits per heavy atom. The fourth-order valence-corrected chi connectivity index (χ4v) is 3.58. The van der Waals surface area contributed by atoms with E-state index in [0.29, 0.717) is 11.1 Å². The molecule has 0 saturated heterocycles. The molecule has 154 valence electrons. The highest BCUT2D eigenvalue weighted by atomic mass is 32.2. The average molecular weight is 425 g/mol. The number of carbonyl (C=O) groups excluding carboxylic acids is 2. The molecule has 0 heterocycles. The van der Waals surface area contributed by atoms with Crippen molar-refractivity contribution in [2.24, 2.45) is 5.14 Å². The Balaban J connectivity index is 1.97. The van der Waals surface area contributed by atoms with Crippen molar-refractivity contribution in [1.29, 1.82) is 0 Å². The topological polar surface area (TPSA) is 113 Å². The maximum Gasteiger partial charge on any atom is 0.339 e. The van der Waals surface area contributed by atoms with Gasteiger partial charge in [0.05, 0.1) is 12.7 Å². The number of esters is 1. The molecule has 1 unspecified atom stereocenters.